The predicted molar refractivity (Wildman–Crippen MR) is 107 cm³/mol. The molecule has 0 N–H and O–H groups in total. The number of esters is 1. The van der Waals surface area contributed by atoms with Gasteiger partial charge in [0.05, 0.1) is 17.4 Å². The van der Waals surface area contributed by atoms with Crippen molar-refractivity contribution in [3.63, 3.8) is 0 Å². The van der Waals surface area contributed by atoms with Crippen molar-refractivity contribution in [3.05, 3.63) is 65.5 Å². The molecule has 162 valence electrons. The molecule has 0 aromatic heterocycles. The molecule has 1 saturated heterocycles. The van der Waals surface area contributed by atoms with Crippen LogP contribution in [-0.4, -0.2) is 37.0 Å². The molecule has 0 bridgehead atoms. The Hall–Kier alpha value is -3.07. The summed E-state index contributed by atoms with van der Waals surface area (Å²) in [5, 5.41) is 0. The largest absolute Gasteiger partial charge is 0.464 e. The van der Waals surface area contributed by atoms with Crippen molar-refractivity contribution < 1.29 is 31.9 Å². The van der Waals surface area contributed by atoms with Gasteiger partial charge in [-0.2, -0.15) is 0 Å². The average molecular weight is 445 g/mol. The number of ether oxygens (including phenoxy) is 1. The average Bonchev–Trinajstić information content (AvgIpc) is 2.95. The minimum atomic E-state index is -4.51. The van der Waals surface area contributed by atoms with Gasteiger partial charge in [0.25, 0.3) is 10.0 Å². The van der Waals surface area contributed by atoms with Crippen LogP contribution in [0.3, 0.4) is 0 Å². The van der Waals surface area contributed by atoms with E-state index in [1.807, 2.05) is 0 Å². The maximum atomic E-state index is 14.3. The maximum absolute atomic E-state index is 14.3. The Bertz CT molecular complexity index is 1200. The molecule has 2 aromatic rings. The highest BCUT2D eigenvalue weighted by Gasteiger charge is 2.70. The van der Waals surface area contributed by atoms with E-state index in [1.165, 1.54) is 13.8 Å². The van der Waals surface area contributed by atoms with Crippen molar-refractivity contribution in [1.82, 2.24) is 4.31 Å². The molecular formula is C22H20FNO6S. The fourth-order valence-electron chi connectivity index (χ4n) is 4.55. The fraction of sp³-hybridized carbons (Fsp3) is 0.318. The first kappa shape index (κ1) is 21.2. The lowest BCUT2D eigenvalue weighted by molar-refractivity contribution is -0.167. The van der Waals surface area contributed by atoms with Crippen LogP contribution in [0.25, 0.3) is 0 Å². The molecule has 4 rings (SSSR count). The Labute approximate surface area is 178 Å². The molecule has 31 heavy (non-hydrogen) atoms. The highest BCUT2D eigenvalue weighted by molar-refractivity contribution is 7.90. The lowest BCUT2D eigenvalue weighted by atomic mass is 9.68. The smallest absolute Gasteiger partial charge is 0.338 e. The summed E-state index contributed by atoms with van der Waals surface area (Å²) in [7, 11) is -4.51. The van der Waals surface area contributed by atoms with Gasteiger partial charge < -0.3 is 4.74 Å². The lowest BCUT2D eigenvalue weighted by Crippen LogP contribution is -2.64. The number of ketones is 1. The van der Waals surface area contributed by atoms with E-state index in [-0.39, 0.29) is 29.1 Å². The van der Waals surface area contributed by atoms with Crippen molar-refractivity contribution in [2.24, 2.45) is 11.8 Å². The molecule has 2 aromatic carbocycles. The monoisotopic (exact) mass is 445 g/mol. The molecule has 7 nitrogen and oxygen atoms in total. The van der Waals surface area contributed by atoms with Gasteiger partial charge in [-0.05, 0) is 31.5 Å². The number of hydrogen-bond acceptors (Lipinski definition) is 6. The molecule has 0 saturated carbocycles. The van der Waals surface area contributed by atoms with Gasteiger partial charge in [-0.3, -0.25) is 9.59 Å². The van der Waals surface area contributed by atoms with Crippen molar-refractivity contribution >= 4 is 27.7 Å². The molecule has 0 unspecified atom stereocenters. The number of Topliss-reactive ketones (excluding diaryl/α,β-unsaturated/α-hetero) is 1. The second-order valence-corrected chi connectivity index (χ2v) is 9.41. The molecule has 2 aliphatic heterocycles. The number of rotatable bonds is 4. The molecule has 0 radical (unpaired) electrons. The normalized spacial score (nSPS) is 26.2. The number of sulfonamides is 1. The van der Waals surface area contributed by atoms with Gasteiger partial charge in [0.15, 0.2) is 11.3 Å². The topological polar surface area (TPSA) is 97.8 Å². The van der Waals surface area contributed by atoms with Gasteiger partial charge in [-0.1, -0.05) is 37.3 Å². The predicted octanol–water partition coefficient (Wildman–Crippen LogP) is 2.65. The van der Waals surface area contributed by atoms with E-state index in [2.05, 4.69) is 0 Å². The summed E-state index contributed by atoms with van der Waals surface area (Å²) in [6.07, 6.45) is -0.0899. The van der Waals surface area contributed by atoms with Crippen LogP contribution in [0, 0.1) is 17.7 Å². The Morgan fingerprint density at radius 2 is 1.87 bits per heavy atom. The van der Waals surface area contributed by atoms with Gasteiger partial charge in [0.2, 0.25) is 5.91 Å². The molecule has 2 aliphatic rings. The minimum Gasteiger partial charge on any atom is -0.464 e. The Kier molecular flexibility index (Phi) is 4.96. The van der Waals surface area contributed by atoms with E-state index in [9.17, 15) is 27.2 Å². The third kappa shape index (κ3) is 2.83. The van der Waals surface area contributed by atoms with E-state index in [0.29, 0.717) is 4.31 Å². The first-order valence-electron chi connectivity index (χ1n) is 9.83. The summed E-state index contributed by atoms with van der Waals surface area (Å²) < 4.78 is 46.7. The number of halogens is 1. The van der Waals surface area contributed by atoms with Crippen LogP contribution in [-0.2, 0) is 29.9 Å². The number of nitrogens with zero attached hydrogens (tertiary/aromatic N) is 1. The second-order valence-electron chi connectivity index (χ2n) is 7.65. The third-order valence-electron chi connectivity index (χ3n) is 5.87. The summed E-state index contributed by atoms with van der Waals surface area (Å²) in [4.78, 5) is 39.7. The van der Waals surface area contributed by atoms with Crippen LogP contribution in [0.5, 0.6) is 0 Å². The van der Waals surface area contributed by atoms with Crippen LogP contribution in [0.4, 0.5) is 4.39 Å². The number of hydrogen-bond donors (Lipinski definition) is 0. The molecule has 3 atom stereocenters. The van der Waals surface area contributed by atoms with Crippen molar-refractivity contribution in [2.75, 3.05) is 6.61 Å². The van der Waals surface area contributed by atoms with Crippen LogP contribution in [0.1, 0.15) is 36.2 Å². The lowest BCUT2D eigenvalue weighted by Gasteiger charge is -2.45. The van der Waals surface area contributed by atoms with E-state index in [4.69, 9.17) is 4.74 Å². The molecule has 9 heteroatoms. The van der Waals surface area contributed by atoms with Crippen LogP contribution >= 0.6 is 0 Å². The summed E-state index contributed by atoms with van der Waals surface area (Å²) in [6, 6.07) is 10.9. The Morgan fingerprint density at radius 1 is 1.19 bits per heavy atom. The second kappa shape index (κ2) is 7.26. The van der Waals surface area contributed by atoms with Gasteiger partial charge in [0, 0.05) is 17.0 Å². The Morgan fingerprint density at radius 3 is 2.52 bits per heavy atom. The highest BCUT2D eigenvalue weighted by atomic mass is 32.2. The standard InChI is InChI=1S/C22H20FNO6S/c1-3-30-21(27)22-16-12-15(23)9-10-18(16)31(28,29)24(22)20(26)13(2)11-17(22)19(25)14-7-5-4-6-8-14/h4-10,12-13,17H,3,11H2,1-2H3/t13-,17-,22-/m1/s1. The maximum Gasteiger partial charge on any atom is 0.338 e. The van der Waals surface area contributed by atoms with Gasteiger partial charge in [-0.25, -0.2) is 21.9 Å². The number of fused-ring (bicyclic) bond motifs is 3. The number of carbonyl (C=O) groups excluding carboxylic acids is 3. The number of piperidine rings is 1. The number of amides is 1. The molecule has 0 spiro atoms. The zero-order chi connectivity index (χ0) is 22.6. The number of benzene rings is 2. The third-order valence-corrected chi connectivity index (χ3v) is 7.73. The molecular weight excluding hydrogens is 425 g/mol. The van der Waals surface area contributed by atoms with Crippen LogP contribution < -0.4 is 0 Å². The van der Waals surface area contributed by atoms with E-state index in [0.717, 1.165) is 18.2 Å². The molecule has 1 amide bonds. The zero-order valence-corrected chi connectivity index (χ0v) is 17.7. The van der Waals surface area contributed by atoms with Gasteiger partial charge >= 0.3 is 5.97 Å². The first-order valence-corrected chi connectivity index (χ1v) is 11.3. The van der Waals surface area contributed by atoms with E-state index < -0.39 is 50.9 Å². The summed E-state index contributed by atoms with van der Waals surface area (Å²) in [6.45, 7) is 2.91. The van der Waals surface area contributed by atoms with Gasteiger partial charge in [0.1, 0.15) is 5.82 Å². The van der Waals surface area contributed by atoms with Crippen LogP contribution in [0.2, 0.25) is 0 Å². The number of carbonyl (C=O) groups is 3. The fourth-order valence-corrected chi connectivity index (χ4v) is 6.57. The molecule has 2 heterocycles. The van der Waals surface area contributed by atoms with Gasteiger partial charge in [-0.15, -0.1) is 0 Å². The van der Waals surface area contributed by atoms with Crippen molar-refractivity contribution in [1.29, 1.82) is 0 Å². The summed E-state index contributed by atoms with van der Waals surface area (Å²) in [5.41, 5.74) is -2.30. The molecule has 0 aliphatic carbocycles. The van der Waals surface area contributed by atoms with Crippen LogP contribution in [0.15, 0.2) is 53.4 Å². The van der Waals surface area contributed by atoms with E-state index in [1.54, 1.807) is 30.3 Å². The Balaban J connectivity index is 2.08. The zero-order valence-electron chi connectivity index (χ0n) is 16.9. The summed E-state index contributed by atoms with van der Waals surface area (Å²) in [5.74, 6) is -5.35. The first-order chi connectivity index (χ1) is 14.7. The van der Waals surface area contributed by atoms with Crippen molar-refractivity contribution in [3.8, 4) is 0 Å². The summed E-state index contributed by atoms with van der Waals surface area (Å²) >= 11 is 0. The highest BCUT2D eigenvalue weighted by Crippen LogP contribution is 2.55. The van der Waals surface area contributed by atoms with E-state index >= 15 is 0 Å². The SMILES string of the molecule is CCOC(=O)[C@]12c3cc(F)ccc3S(=O)(=O)N1C(=O)[C@H](C)C[C@@H]2C(=O)c1ccccc1. The molecule has 1 fully saturated rings. The minimum absolute atomic E-state index is 0.0899. The van der Waals surface area contributed by atoms with Crippen molar-refractivity contribution in [2.45, 2.75) is 30.7 Å². The quantitative estimate of drug-likeness (QED) is 0.530.